The summed E-state index contributed by atoms with van der Waals surface area (Å²) in [6.45, 7) is 10.4. The molecule has 0 bridgehead atoms. The maximum atomic E-state index is 13.7. The second kappa shape index (κ2) is 8.17. The molecule has 5 heteroatoms. The second-order valence-electron chi connectivity index (χ2n) is 9.81. The molecule has 5 nitrogen and oxygen atoms in total. The van der Waals surface area contributed by atoms with E-state index in [1.165, 1.54) is 5.57 Å². The monoisotopic (exact) mass is 401 g/mol. The van der Waals surface area contributed by atoms with Gasteiger partial charge in [-0.2, -0.15) is 0 Å². The van der Waals surface area contributed by atoms with Crippen molar-refractivity contribution in [2.75, 3.05) is 0 Å². The van der Waals surface area contributed by atoms with Crippen molar-refractivity contribution in [2.45, 2.75) is 78.9 Å². The number of carbonyl (C=O) groups excluding carboxylic acids is 3. The lowest BCUT2D eigenvalue weighted by Gasteiger charge is -2.45. The van der Waals surface area contributed by atoms with Gasteiger partial charge in [-0.05, 0) is 44.9 Å². The number of ketones is 2. The molecule has 0 aromatic heterocycles. The SMILES string of the molecule is CC1=CC2C=C(C)C(C)C3C(CC(C)C)NC(=O)C23C(=O)CC(O)C(=O)CCC1. The van der Waals surface area contributed by atoms with E-state index in [1.54, 1.807) is 0 Å². The highest BCUT2D eigenvalue weighted by Crippen LogP contribution is 2.55. The Kier molecular flexibility index (Phi) is 6.19. The molecule has 1 amide bonds. The van der Waals surface area contributed by atoms with Crippen LogP contribution in [0.25, 0.3) is 0 Å². The Labute approximate surface area is 174 Å². The highest BCUT2D eigenvalue weighted by molar-refractivity contribution is 6.10. The fraction of sp³-hybridized carbons (Fsp3) is 0.708. The van der Waals surface area contributed by atoms with Gasteiger partial charge in [-0.15, -0.1) is 0 Å². The lowest BCUT2D eigenvalue weighted by atomic mass is 9.54. The molecule has 1 heterocycles. The third kappa shape index (κ3) is 3.74. The van der Waals surface area contributed by atoms with Crippen molar-refractivity contribution in [2.24, 2.45) is 29.1 Å². The van der Waals surface area contributed by atoms with Gasteiger partial charge < -0.3 is 10.4 Å². The molecule has 0 saturated carbocycles. The van der Waals surface area contributed by atoms with Gasteiger partial charge in [-0.3, -0.25) is 14.4 Å². The van der Waals surface area contributed by atoms with Crippen molar-refractivity contribution in [1.29, 1.82) is 0 Å². The number of aliphatic hydroxyl groups is 1. The number of carbonyl (C=O) groups is 3. The zero-order valence-corrected chi connectivity index (χ0v) is 18.3. The zero-order valence-electron chi connectivity index (χ0n) is 18.3. The molecular weight excluding hydrogens is 366 g/mol. The topological polar surface area (TPSA) is 83.5 Å². The predicted molar refractivity (Wildman–Crippen MR) is 112 cm³/mol. The van der Waals surface area contributed by atoms with E-state index in [4.69, 9.17) is 0 Å². The van der Waals surface area contributed by atoms with Crippen LogP contribution < -0.4 is 5.32 Å². The average molecular weight is 402 g/mol. The minimum atomic E-state index is -1.32. The molecule has 29 heavy (non-hydrogen) atoms. The third-order valence-electron chi connectivity index (χ3n) is 7.27. The van der Waals surface area contributed by atoms with E-state index in [0.29, 0.717) is 12.3 Å². The Hall–Kier alpha value is -1.75. The number of rotatable bonds is 2. The van der Waals surface area contributed by atoms with Crippen LogP contribution in [-0.2, 0) is 14.4 Å². The van der Waals surface area contributed by atoms with Crippen molar-refractivity contribution < 1.29 is 19.5 Å². The fourth-order valence-corrected chi connectivity index (χ4v) is 5.76. The number of nitrogens with one attached hydrogen (secondary N) is 1. The molecule has 3 aliphatic rings. The first-order valence-corrected chi connectivity index (χ1v) is 11.0. The van der Waals surface area contributed by atoms with Crippen LogP contribution >= 0.6 is 0 Å². The normalized spacial score (nSPS) is 38.6. The van der Waals surface area contributed by atoms with Crippen LogP contribution in [-0.4, -0.2) is 34.7 Å². The van der Waals surface area contributed by atoms with E-state index in [2.05, 4.69) is 45.2 Å². The van der Waals surface area contributed by atoms with Gasteiger partial charge in [0.15, 0.2) is 11.6 Å². The van der Waals surface area contributed by atoms with Crippen molar-refractivity contribution >= 4 is 17.5 Å². The zero-order chi connectivity index (χ0) is 21.5. The molecule has 6 unspecified atom stereocenters. The first-order chi connectivity index (χ1) is 13.6. The van der Waals surface area contributed by atoms with Gasteiger partial charge in [0.05, 0.1) is 0 Å². The fourth-order valence-electron chi connectivity index (χ4n) is 5.76. The van der Waals surface area contributed by atoms with Gasteiger partial charge in [0, 0.05) is 30.7 Å². The van der Waals surface area contributed by atoms with E-state index in [1.807, 2.05) is 6.92 Å². The van der Waals surface area contributed by atoms with Gasteiger partial charge in [-0.25, -0.2) is 0 Å². The number of hydrogen-bond donors (Lipinski definition) is 2. The number of hydrogen-bond acceptors (Lipinski definition) is 4. The van der Waals surface area contributed by atoms with Crippen molar-refractivity contribution in [1.82, 2.24) is 5.32 Å². The van der Waals surface area contributed by atoms with Crippen molar-refractivity contribution in [3.63, 3.8) is 0 Å². The molecule has 0 radical (unpaired) electrons. The Morgan fingerprint density at radius 2 is 1.86 bits per heavy atom. The second-order valence-corrected chi connectivity index (χ2v) is 9.81. The van der Waals surface area contributed by atoms with Crippen LogP contribution in [0.5, 0.6) is 0 Å². The first-order valence-electron chi connectivity index (χ1n) is 11.0. The van der Waals surface area contributed by atoms with Crippen LogP contribution in [0.3, 0.4) is 0 Å². The van der Waals surface area contributed by atoms with Crippen molar-refractivity contribution in [3.05, 3.63) is 23.3 Å². The number of amides is 1. The highest BCUT2D eigenvalue weighted by Gasteiger charge is 2.65. The molecule has 160 valence electrons. The summed E-state index contributed by atoms with van der Waals surface area (Å²) < 4.78 is 0. The lowest BCUT2D eigenvalue weighted by Crippen LogP contribution is -2.53. The Bertz CT molecular complexity index is 765. The van der Waals surface area contributed by atoms with E-state index >= 15 is 0 Å². The molecule has 1 aliphatic heterocycles. The summed E-state index contributed by atoms with van der Waals surface area (Å²) in [6, 6.07) is -0.0840. The minimum Gasteiger partial charge on any atom is -0.385 e. The quantitative estimate of drug-likeness (QED) is 0.549. The molecule has 6 atom stereocenters. The van der Waals surface area contributed by atoms with E-state index in [9.17, 15) is 19.5 Å². The Balaban J connectivity index is 2.19. The van der Waals surface area contributed by atoms with Crippen LogP contribution in [0, 0.1) is 29.1 Å². The largest absolute Gasteiger partial charge is 0.385 e. The van der Waals surface area contributed by atoms with Gasteiger partial charge in [0.2, 0.25) is 5.91 Å². The summed E-state index contributed by atoms with van der Waals surface area (Å²) in [6.07, 6.45) is 4.98. The van der Waals surface area contributed by atoms with Crippen LogP contribution in [0.15, 0.2) is 23.3 Å². The van der Waals surface area contributed by atoms with Crippen molar-refractivity contribution in [3.8, 4) is 0 Å². The standard InChI is InChI=1S/C24H35NO4/c1-13(2)9-18-22-16(5)15(4)11-17-10-14(3)7-6-8-19(26)20(27)12-21(28)24(17,22)23(29)25-18/h10-11,13,16-18,20,22,27H,6-9,12H2,1-5H3,(H,25,29). The van der Waals surface area contributed by atoms with E-state index in [0.717, 1.165) is 18.4 Å². The first kappa shape index (κ1) is 21.9. The Morgan fingerprint density at radius 3 is 2.52 bits per heavy atom. The predicted octanol–water partition coefficient (Wildman–Crippen LogP) is 3.37. The highest BCUT2D eigenvalue weighted by atomic mass is 16.3. The van der Waals surface area contributed by atoms with Crippen LogP contribution in [0.4, 0.5) is 0 Å². The summed E-state index contributed by atoms with van der Waals surface area (Å²) in [5.74, 6) is -0.884. The summed E-state index contributed by atoms with van der Waals surface area (Å²) in [7, 11) is 0. The van der Waals surface area contributed by atoms with Gasteiger partial charge in [-0.1, -0.05) is 44.1 Å². The maximum absolute atomic E-state index is 13.7. The van der Waals surface area contributed by atoms with Gasteiger partial charge in [0.25, 0.3) is 0 Å². The number of aliphatic hydroxyl groups excluding tert-OH is 1. The molecule has 1 spiro atoms. The lowest BCUT2D eigenvalue weighted by molar-refractivity contribution is -0.148. The maximum Gasteiger partial charge on any atom is 0.235 e. The molecular formula is C24H35NO4. The third-order valence-corrected chi connectivity index (χ3v) is 7.27. The molecule has 1 fully saturated rings. The van der Waals surface area contributed by atoms with Crippen LogP contribution in [0.1, 0.15) is 66.7 Å². The molecule has 1 saturated heterocycles. The Morgan fingerprint density at radius 1 is 1.17 bits per heavy atom. The summed E-state index contributed by atoms with van der Waals surface area (Å²) in [5, 5.41) is 13.6. The average Bonchev–Trinajstić information content (AvgIpc) is 2.90. The summed E-state index contributed by atoms with van der Waals surface area (Å²) >= 11 is 0. The minimum absolute atomic E-state index is 0.0737. The molecule has 0 aromatic carbocycles. The summed E-state index contributed by atoms with van der Waals surface area (Å²) in [4.78, 5) is 39.5. The van der Waals surface area contributed by atoms with Gasteiger partial charge >= 0.3 is 0 Å². The molecule has 3 rings (SSSR count). The van der Waals surface area contributed by atoms with E-state index < -0.39 is 11.5 Å². The number of allylic oxidation sites excluding steroid dienone is 4. The number of Topliss-reactive ketones (excluding diaryl/α,β-unsaturated/α-hetero) is 2. The van der Waals surface area contributed by atoms with E-state index in [-0.39, 0.29) is 54.1 Å². The summed E-state index contributed by atoms with van der Waals surface area (Å²) in [5.41, 5.74) is 1.04. The smallest absolute Gasteiger partial charge is 0.235 e. The van der Waals surface area contributed by atoms with Gasteiger partial charge in [0.1, 0.15) is 11.5 Å². The van der Waals surface area contributed by atoms with Crippen LogP contribution in [0.2, 0.25) is 0 Å². The molecule has 2 N–H and O–H groups in total. The molecule has 0 aromatic rings. The molecule has 2 aliphatic carbocycles.